The number of anilines is 1. The highest BCUT2D eigenvalue weighted by molar-refractivity contribution is 7.07. The van der Waals surface area contributed by atoms with Gasteiger partial charge in [-0.15, -0.1) is 11.3 Å². The zero-order valence-electron chi connectivity index (χ0n) is 21.9. The highest BCUT2D eigenvalue weighted by Gasteiger charge is 2.19. The van der Waals surface area contributed by atoms with Crippen LogP contribution >= 0.6 is 11.3 Å². The van der Waals surface area contributed by atoms with Gasteiger partial charge in [0.05, 0.1) is 9.46 Å². The van der Waals surface area contributed by atoms with Crippen LogP contribution in [0.1, 0.15) is 41.3 Å². The summed E-state index contributed by atoms with van der Waals surface area (Å²) >= 11 is 1.02. The molecule has 3 rings (SSSR count). The number of hydrogen-bond acceptors (Lipinski definition) is 8. The summed E-state index contributed by atoms with van der Waals surface area (Å²) < 4.78 is 7.06. The molecule has 0 saturated heterocycles. The van der Waals surface area contributed by atoms with Gasteiger partial charge >= 0.3 is 0 Å². The molecular formula is C28H30N4O5S. The lowest BCUT2D eigenvalue weighted by atomic mass is 10.0. The number of carbonyl (C=O) groups excluding carboxylic acids is 1. The van der Waals surface area contributed by atoms with E-state index >= 15 is 0 Å². The minimum Gasteiger partial charge on any atom is -0.385 e. The lowest BCUT2D eigenvalue weighted by Gasteiger charge is -2.12. The van der Waals surface area contributed by atoms with Crippen molar-refractivity contribution in [3.05, 3.63) is 88.8 Å². The normalized spacial score (nSPS) is 12.2. The zero-order valence-corrected chi connectivity index (χ0v) is 22.7. The number of rotatable bonds is 11. The number of methoxy groups -OCH3 is 1. The number of ether oxygens (including phenoxy) is 1. The van der Waals surface area contributed by atoms with Crippen LogP contribution < -0.4 is 19.7 Å². The number of thiazole rings is 1. The predicted molar refractivity (Wildman–Crippen MR) is 149 cm³/mol. The molecule has 0 unspecified atom stereocenters. The molecule has 0 radical (unpaired) electrons. The van der Waals surface area contributed by atoms with Gasteiger partial charge in [0, 0.05) is 46.0 Å². The van der Waals surface area contributed by atoms with Crippen molar-refractivity contribution in [1.29, 1.82) is 5.26 Å². The first kappa shape index (κ1) is 28.5. The number of nitro groups is 1. The number of Topliss-reactive ketones (excluding diaryl/α,β-unsaturated/α-hetero) is 1. The third-order valence-electron chi connectivity index (χ3n) is 5.92. The lowest BCUT2D eigenvalue weighted by molar-refractivity contribution is -0.384. The molecule has 0 aliphatic heterocycles. The summed E-state index contributed by atoms with van der Waals surface area (Å²) in [6.45, 7) is 2.72. The Morgan fingerprint density at radius 1 is 1.24 bits per heavy atom. The van der Waals surface area contributed by atoms with Gasteiger partial charge in [-0.2, -0.15) is 5.26 Å². The van der Waals surface area contributed by atoms with Crippen molar-refractivity contribution in [2.24, 2.45) is 0 Å². The Labute approximate surface area is 224 Å². The second-order valence-electron chi connectivity index (χ2n) is 8.88. The maximum Gasteiger partial charge on any atom is 0.293 e. The first-order chi connectivity index (χ1) is 18.2. The van der Waals surface area contributed by atoms with E-state index in [0.29, 0.717) is 29.8 Å². The fraction of sp³-hybridized carbons (Fsp3) is 0.321. The Kier molecular flexibility index (Phi) is 9.71. The van der Waals surface area contributed by atoms with Crippen molar-refractivity contribution in [2.45, 2.75) is 32.7 Å². The third kappa shape index (κ3) is 6.43. The molecule has 1 aromatic heterocycles. The minimum absolute atomic E-state index is 0.0908. The van der Waals surface area contributed by atoms with Gasteiger partial charge < -0.3 is 9.64 Å². The van der Waals surface area contributed by atoms with Gasteiger partial charge in [0.2, 0.25) is 5.78 Å². The van der Waals surface area contributed by atoms with E-state index in [0.717, 1.165) is 29.7 Å². The molecule has 0 amide bonds. The molecule has 2 aromatic carbocycles. The number of nitriles is 1. The number of aromatic nitrogens is 1. The maximum atomic E-state index is 13.4. The molecule has 0 bridgehead atoms. The highest BCUT2D eigenvalue weighted by atomic mass is 32.1. The van der Waals surface area contributed by atoms with Crippen LogP contribution in [0.4, 0.5) is 11.4 Å². The fourth-order valence-electron chi connectivity index (χ4n) is 4.03. The molecule has 0 spiro atoms. The number of aryl methyl sites for hydroxylation is 1. The van der Waals surface area contributed by atoms with Crippen molar-refractivity contribution < 1.29 is 14.5 Å². The van der Waals surface area contributed by atoms with Gasteiger partial charge in [0.25, 0.3) is 11.2 Å². The van der Waals surface area contributed by atoms with E-state index in [1.54, 1.807) is 56.4 Å². The third-order valence-corrected chi connectivity index (χ3v) is 7.05. The summed E-state index contributed by atoms with van der Waals surface area (Å²) in [7, 11) is 4.98. The Balaban J connectivity index is 2.21. The molecule has 0 N–H and O–H groups in total. The summed E-state index contributed by atoms with van der Waals surface area (Å²) in [5, 5.41) is 21.6. The smallest absolute Gasteiger partial charge is 0.293 e. The molecule has 9 nitrogen and oxygen atoms in total. The molecule has 0 aliphatic rings. The minimum atomic E-state index is -0.471. The summed E-state index contributed by atoms with van der Waals surface area (Å²) in [6.07, 6.45) is 3.92. The number of hydrogen-bond donors (Lipinski definition) is 0. The van der Waals surface area contributed by atoms with Gasteiger partial charge in [-0.05, 0) is 36.1 Å². The van der Waals surface area contributed by atoms with E-state index in [1.165, 1.54) is 10.6 Å². The average Bonchev–Trinajstić information content (AvgIpc) is 3.19. The van der Waals surface area contributed by atoms with Crippen LogP contribution in [0.2, 0.25) is 0 Å². The number of nitrogens with zero attached hydrogens (tertiary/aromatic N) is 4. The molecule has 0 aliphatic carbocycles. The first-order valence-corrected chi connectivity index (χ1v) is 13.0. The molecule has 0 saturated carbocycles. The zero-order chi connectivity index (χ0) is 27.8. The number of carbonyl (C=O) groups is 1. The maximum absolute atomic E-state index is 13.4. The standard InChI is InChI=1S/C28H30N4O5S/c1-5-7-19-8-11-21(12-9-19)26(33)22(18-29)28-31(14-6-15-37-4)27(34)25(38-28)17-20-10-13-23(30(2)3)24(16-20)32(35)36/h8-13,16-17H,5-7,14-15H2,1-4H3/b25-17-,28-22+. The Hall–Kier alpha value is -4.07. The van der Waals surface area contributed by atoms with E-state index in [4.69, 9.17) is 4.74 Å². The number of benzene rings is 2. The first-order valence-electron chi connectivity index (χ1n) is 12.2. The van der Waals surface area contributed by atoms with E-state index in [2.05, 4.69) is 6.92 Å². The SMILES string of the molecule is CCCc1ccc(C(=O)/C(C#N)=c2/s/c(=C\c3ccc(N(C)C)c([N+](=O)[O-])c3)c(=O)n2CCCOC)cc1. The topological polar surface area (TPSA) is 118 Å². The second kappa shape index (κ2) is 12.9. The largest absolute Gasteiger partial charge is 0.385 e. The number of ketones is 1. The Morgan fingerprint density at radius 3 is 2.53 bits per heavy atom. The second-order valence-corrected chi connectivity index (χ2v) is 9.91. The van der Waals surface area contributed by atoms with Crippen LogP contribution in [0.15, 0.2) is 47.3 Å². The molecule has 10 heteroatoms. The van der Waals surface area contributed by atoms with Crippen LogP contribution in [0.5, 0.6) is 0 Å². The van der Waals surface area contributed by atoms with Crippen molar-refractivity contribution in [3.63, 3.8) is 0 Å². The summed E-state index contributed by atoms with van der Waals surface area (Å²) in [4.78, 5) is 39.5. The summed E-state index contributed by atoms with van der Waals surface area (Å²) in [5.74, 6) is -0.463. The summed E-state index contributed by atoms with van der Waals surface area (Å²) in [5.41, 5.74) is 1.78. The molecule has 198 valence electrons. The molecule has 0 atom stereocenters. The average molecular weight is 535 g/mol. The molecule has 38 heavy (non-hydrogen) atoms. The molecule has 3 aromatic rings. The van der Waals surface area contributed by atoms with Gasteiger partial charge in [0.1, 0.15) is 22.0 Å². The molecule has 0 fully saturated rings. The van der Waals surface area contributed by atoms with E-state index in [1.807, 2.05) is 18.2 Å². The lowest BCUT2D eigenvalue weighted by Crippen LogP contribution is -2.33. The molecular weight excluding hydrogens is 504 g/mol. The van der Waals surface area contributed by atoms with Crippen molar-refractivity contribution in [1.82, 2.24) is 4.57 Å². The van der Waals surface area contributed by atoms with Crippen molar-refractivity contribution in [3.8, 4) is 6.07 Å². The predicted octanol–water partition coefficient (Wildman–Crippen LogP) is 3.26. The fourth-order valence-corrected chi connectivity index (χ4v) is 5.16. The van der Waals surface area contributed by atoms with Crippen LogP contribution in [0.3, 0.4) is 0 Å². The monoisotopic (exact) mass is 534 g/mol. The van der Waals surface area contributed by atoms with E-state index in [9.17, 15) is 25.0 Å². The highest BCUT2D eigenvalue weighted by Crippen LogP contribution is 2.27. The Morgan fingerprint density at radius 2 is 1.95 bits per heavy atom. The van der Waals surface area contributed by atoms with Crippen LogP contribution in [0.25, 0.3) is 11.6 Å². The number of nitro benzene ring substituents is 1. The summed E-state index contributed by atoms with van der Waals surface area (Å²) in [6, 6.07) is 13.9. The van der Waals surface area contributed by atoms with Crippen LogP contribution in [-0.4, -0.2) is 43.1 Å². The Bertz CT molecular complexity index is 1550. The van der Waals surface area contributed by atoms with Crippen LogP contribution in [-0.2, 0) is 17.7 Å². The van der Waals surface area contributed by atoms with Crippen molar-refractivity contribution in [2.75, 3.05) is 32.7 Å². The van der Waals surface area contributed by atoms with Gasteiger partial charge in [0.15, 0.2) is 0 Å². The van der Waals surface area contributed by atoms with Gasteiger partial charge in [-0.3, -0.25) is 24.3 Å². The van der Waals surface area contributed by atoms with Crippen LogP contribution in [0, 0.1) is 21.4 Å². The van der Waals surface area contributed by atoms with E-state index in [-0.39, 0.29) is 32.6 Å². The van der Waals surface area contributed by atoms with Gasteiger partial charge in [-0.25, -0.2) is 0 Å². The van der Waals surface area contributed by atoms with Gasteiger partial charge in [-0.1, -0.05) is 43.7 Å². The van der Waals surface area contributed by atoms with Crippen molar-refractivity contribution >= 4 is 40.1 Å². The molecule has 1 heterocycles. The quantitative estimate of drug-likeness (QED) is 0.160. The van der Waals surface area contributed by atoms with E-state index < -0.39 is 10.7 Å².